The number of nitrogens with zero attached hydrogens (tertiary/aromatic N) is 1. The van der Waals surface area contributed by atoms with Crippen LogP contribution >= 0.6 is 27.5 Å². The van der Waals surface area contributed by atoms with Crippen molar-refractivity contribution < 1.29 is 9.53 Å². The molecular weight excluding hydrogens is 293 g/mol. The number of esters is 1. The predicted octanol–water partition coefficient (Wildman–Crippen LogP) is 3.08. The quantitative estimate of drug-likeness (QED) is 0.806. The van der Waals surface area contributed by atoms with Gasteiger partial charge in [0.15, 0.2) is 0 Å². The molecule has 0 fully saturated rings. The number of ether oxygens (including phenoxy) is 1. The van der Waals surface area contributed by atoms with Crippen LogP contribution in [0.4, 0.5) is 0 Å². The van der Waals surface area contributed by atoms with Gasteiger partial charge < -0.3 is 4.74 Å². The predicted molar refractivity (Wildman–Crippen MR) is 64.2 cm³/mol. The minimum Gasteiger partial charge on any atom is -0.466 e. The summed E-state index contributed by atoms with van der Waals surface area (Å²) >= 11 is 9.23. The van der Waals surface area contributed by atoms with Crippen LogP contribution in [-0.2, 0) is 16.0 Å². The first-order valence-corrected chi connectivity index (χ1v) is 5.79. The highest BCUT2D eigenvalue weighted by atomic mass is 79.9. The van der Waals surface area contributed by atoms with Gasteiger partial charge in [0.2, 0.25) is 0 Å². The molecule has 0 heterocycles. The fraction of sp³-hybridized carbons (Fsp3) is 0.273. The molecule has 1 aromatic rings. The Balaban J connectivity index is 2.96. The molecule has 0 aliphatic rings. The molecule has 84 valence electrons. The van der Waals surface area contributed by atoms with E-state index in [1.807, 2.05) is 6.07 Å². The summed E-state index contributed by atoms with van der Waals surface area (Å²) < 4.78 is 5.33. The van der Waals surface area contributed by atoms with Gasteiger partial charge in [0.05, 0.1) is 28.1 Å². The maximum absolute atomic E-state index is 11.3. The van der Waals surface area contributed by atoms with E-state index in [1.165, 1.54) is 0 Å². The van der Waals surface area contributed by atoms with Crippen LogP contribution in [-0.4, -0.2) is 12.6 Å². The third-order valence-electron chi connectivity index (χ3n) is 1.92. The Kier molecular flexibility index (Phi) is 4.78. The molecule has 0 spiro atoms. The summed E-state index contributed by atoms with van der Waals surface area (Å²) in [6.45, 7) is 2.09. The molecule has 0 aliphatic carbocycles. The first kappa shape index (κ1) is 13.0. The number of carbonyl (C=O) groups is 1. The standard InChI is InChI=1S/C11H9BrClNO2/c1-2-16-9(15)5-7-3-4-8(6-14)10(12)11(7)13/h3-4H,2,5H2,1H3. The van der Waals surface area contributed by atoms with Gasteiger partial charge in [0.25, 0.3) is 0 Å². The van der Waals surface area contributed by atoms with E-state index in [4.69, 9.17) is 21.6 Å². The van der Waals surface area contributed by atoms with Crippen molar-refractivity contribution in [3.05, 3.63) is 32.8 Å². The second-order valence-electron chi connectivity index (χ2n) is 2.99. The third kappa shape index (κ3) is 2.97. The molecule has 0 aliphatic heterocycles. The van der Waals surface area contributed by atoms with Crippen LogP contribution < -0.4 is 0 Å². The lowest BCUT2D eigenvalue weighted by Gasteiger charge is -2.06. The molecule has 3 nitrogen and oxygen atoms in total. The topological polar surface area (TPSA) is 50.1 Å². The Morgan fingerprint density at radius 1 is 1.62 bits per heavy atom. The summed E-state index contributed by atoms with van der Waals surface area (Å²) in [6.07, 6.45) is 0.108. The van der Waals surface area contributed by atoms with E-state index in [2.05, 4.69) is 15.9 Å². The SMILES string of the molecule is CCOC(=O)Cc1ccc(C#N)c(Br)c1Cl. The van der Waals surface area contributed by atoms with Gasteiger partial charge in [0.1, 0.15) is 6.07 Å². The van der Waals surface area contributed by atoms with E-state index in [0.29, 0.717) is 27.2 Å². The molecule has 0 bridgehead atoms. The maximum Gasteiger partial charge on any atom is 0.310 e. The summed E-state index contributed by atoms with van der Waals surface area (Å²) in [5, 5.41) is 9.15. The van der Waals surface area contributed by atoms with Crippen molar-refractivity contribution in [3.63, 3.8) is 0 Å². The van der Waals surface area contributed by atoms with E-state index in [9.17, 15) is 4.79 Å². The summed E-state index contributed by atoms with van der Waals surface area (Å²) in [7, 11) is 0. The van der Waals surface area contributed by atoms with Gasteiger partial charge in [-0.15, -0.1) is 0 Å². The molecule has 0 saturated carbocycles. The average Bonchev–Trinajstić information content (AvgIpc) is 2.25. The largest absolute Gasteiger partial charge is 0.466 e. The summed E-state index contributed by atoms with van der Waals surface area (Å²) in [5.74, 6) is -0.332. The number of rotatable bonds is 3. The van der Waals surface area contributed by atoms with Gasteiger partial charge in [-0.2, -0.15) is 5.26 Å². The number of nitriles is 1. The first-order valence-electron chi connectivity index (χ1n) is 4.62. The zero-order valence-corrected chi connectivity index (χ0v) is 10.9. The lowest BCUT2D eigenvalue weighted by Crippen LogP contribution is -2.08. The van der Waals surface area contributed by atoms with Crippen LogP contribution in [0.25, 0.3) is 0 Å². The van der Waals surface area contributed by atoms with Crippen molar-refractivity contribution >= 4 is 33.5 Å². The zero-order chi connectivity index (χ0) is 12.1. The average molecular weight is 303 g/mol. The van der Waals surface area contributed by atoms with Crippen molar-refractivity contribution in [2.45, 2.75) is 13.3 Å². The number of halogens is 2. The lowest BCUT2D eigenvalue weighted by molar-refractivity contribution is -0.142. The summed E-state index contributed by atoms with van der Waals surface area (Å²) in [5.41, 5.74) is 1.09. The Hall–Kier alpha value is -1.05. The molecule has 0 saturated heterocycles. The van der Waals surface area contributed by atoms with E-state index in [1.54, 1.807) is 19.1 Å². The van der Waals surface area contributed by atoms with E-state index >= 15 is 0 Å². The summed E-state index contributed by atoms with van der Waals surface area (Å²) in [6, 6.07) is 5.27. The van der Waals surface area contributed by atoms with E-state index in [0.717, 1.165) is 0 Å². The second-order valence-corrected chi connectivity index (χ2v) is 4.16. The molecule has 16 heavy (non-hydrogen) atoms. The Bertz CT molecular complexity index is 454. The maximum atomic E-state index is 11.3. The van der Waals surface area contributed by atoms with Crippen molar-refractivity contribution in [2.24, 2.45) is 0 Å². The smallest absolute Gasteiger partial charge is 0.310 e. The third-order valence-corrected chi connectivity index (χ3v) is 3.41. The number of carbonyl (C=O) groups excluding carboxylic acids is 1. The van der Waals surface area contributed by atoms with Crippen LogP contribution in [0.15, 0.2) is 16.6 Å². The van der Waals surface area contributed by atoms with E-state index in [-0.39, 0.29) is 12.4 Å². The Morgan fingerprint density at radius 2 is 2.31 bits per heavy atom. The highest BCUT2D eigenvalue weighted by molar-refractivity contribution is 9.10. The second kappa shape index (κ2) is 5.88. The molecule has 0 radical (unpaired) electrons. The van der Waals surface area contributed by atoms with Gasteiger partial charge in [-0.3, -0.25) is 4.79 Å². The van der Waals surface area contributed by atoms with Gasteiger partial charge in [-0.05, 0) is 34.5 Å². The van der Waals surface area contributed by atoms with Crippen LogP contribution in [0, 0.1) is 11.3 Å². The van der Waals surface area contributed by atoms with Crippen LogP contribution in [0.3, 0.4) is 0 Å². The molecule has 0 amide bonds. The van der Waals surface area contributed by atoms with Gasteiger partial charge >= 0.3 is 5.97 Å². The summed E-state index contributed by atoms with van der Waals surface area (Å²) in [4.78, 5) is 11.3. The van der Waals surface area contributed by atoms with Crippen LogP contribution in [0.2, 0.25) is 5.02 Å². The van der Waals surface area contributed by atoms with Crippen LogP contribution in [0.1, 0.15) is 18.1 Å². The van der Waals surface area contributed by atoms with Crippen molar-refractivity contribution in [2.75, 3.05) is 6.61 Å². The minimum atomic E-state index is -0.332. The molecule has 0 aromatic heterocycles. The first-order chi connectivity index (χ1) is 7.60. The van der Waals surface area contributed by atoms with Crippen molar-refractivity contribution in [3.8, 4) is 6.07 Å². The normalized spacial score (nSPS) is 9.62. The molecule has 0 atom stereocenters. The highest BCUT2D eigenvalue weighted by Gasteiger charge is 2.12. The molecular formula is C11H9BrClNO2. The van der Waals surface area contributed by atoms with Crippen LogP contribution in [0.5, 0.6) is 0 Å². The molecule has 5 heteroatoms. The number of benzene rings is 1. The molecule has 1 aromatic carbocycles. The molecule has 0 N–H and O–H groups in total. The monoisotopic (exact) mass is 301 g/mol. The van der Waals surface area contributed by atoms with Gasteiger partial charge in [-0.25, -0.2) is 0 Å². The number of hydrogen-bond donors (Lipinski definition) is 0. The van der Waals surface area contributed by atoms with Gasteiger partial charge in [-0.1, -0.05) is 17.7 Å². The highest BCUT2D eigenvalue weighted by Crippen LogP contribution is 2.29. The minimum absolute atomic E-state index is 0.108. The number of hydrogen-bond acceptors (Lipinski definition) is 3. The Labute approximate surface area is 107 Å². The van der Waals surface area contributed by atoms with E-state index < -0.39 is 0 Å². The zero-order valence-electron chi connectivity index (χ0n) is 8.59. The van der Waals surface area contributed by atoms with Crippen molar-refractivity contribution in [1.82, 2.24) is 0 Å². The Morgan fingerprint density at radius 3 is 2.88 bits per heavy atom. The van der Waals surface area contributed by atoms with Crippen molar-refractivity contribution in [1.29, 1.82) is 5.26 Å². The fourth-order valence-electron chi connectivity index (χ4n) is 1.18. The lowest BCUT2D eigenvalue weighted by atomic mass is 10.1. The fourth-order valence-corrected chi connectivity index (χ4v) is 1.89. The molecule has 0 unspecified atom stereocenters. The van der Waals surface area contributed by atoms with Gasteiger partial charge in [0, 0.05) is 0 Å². The molecule has 1 rings (SSSR count).